The van der Waals surface area contributed by atoms with Gasteiger partial charge in [-0.3, -0.25) is 4.79 Å². The number of benzene rings is 1. The summed E-state index contributed by atoms with van der Waals surface area (Å²) in [5.41, 5.74) is 5.99. The van der Waals surface area contributed by atoms with Crippen LogP contribution in [-0.2, 0) is 9.53 Å². The lowest BCUT2D eigenvalue weighted by Crippen LogP contribution is -2.35. The molecule has 0 saturated heterocycles. The van der Waals surface area contributed by atoms with Crippen molar-refractivity contribution in [2.45, 2.75) is 19.4 Å². The molecule has 0 fully saturated rings. The maximum Gasteiger partial charge on any atom is 0.254 e. The Morgan fingerprint density at radius 1 is 1.50 bits per heavy atom. The quantitative estimate of drug-likeness (QED) is 0.808. The molecule has 0 heterocycles. The molecule has 1 aromatic rings. The summed E-state index contributed by atoms with van der Waals surface area (Å²) in [4.78, 5) is 11.8. The van der Waals surface area contributed by atoms with E-state index in [1.165, 1.54) is 7.11 Å². The number of ether oxygens (including phenoxy) is 2. The van der Waals surface area contributed by atoms with E-state index >= 15 is 0 Å². The maximum atomic E-state index is 11.8. The van der Waals surface area contributed by atoms with Crippen molar-refractivity contribution in [3.63, 3.8) is 0 Å². The zero-order chi connectivity index (χ0) is 14.3. The van der Waals surface area contributed by atoms with Crippen LogP contribution in [0.2, 0.25) is 5.02 Å². The lowest BCUT2D eigenvalue weighted by atomic mass is 10.2. The van der Waals surface area contributed by atoms with Gasteiger partial charge >= 0.3 is 0 Å². The largest absolute Gasteiger partial charge is 0.492 e. The Bertz CT molecular complexity index is 426. The van der Waals surface area contributed by atoms with Crippen molar-refractivity contribution >= 4 is 35.6 Å². The fourth-order valence-corrected chi connectivity index (χ4v) is 1.68. The second-order valence-corrected chi connectivity index (χ2v) is 4.35. The van der Waals surface area contributed by atoms with Gasteiger partial charge in [0.1, 0.15) is 11.9 Å². The summed E-state index contributed by atoms with van der Waals surface area (Å²) >= 11 is 6.06. The third-order valence-corrected chi connectivity index (χ3v) is 2.75. The molecule has 0 aliphatic heterocycles. The molecule has 1 aromatic carbocycles. The van der Waals surface area contributed by atoms with E-state index in [0.717, 1.165) is 6.42 Å². The molecule has 114 valence electrons. The van der Waals surface area contributed by atoms with Gasteiger partial charge in [0.25, 0.3) is 5.91 Å². The lowest BCUT2D eigenvalue weighted by Gasteiger charge is -2.14. The van der Waals surface area contributed by atoms with Gasteiger partial charge in [-0.15, -0.1) is 12.4 Å². The van der Waals surface area contributed by atoms with Crippen LogP contribution in [0, 0.1) is 0 Å². The van der Waals surface area contributed by atoms with Crippen molar-refractivity contribution in [1.82, 2.24) is 0 Å². The number of nitrogens with two attached hydrogens (primary N) is 1. The molecule has 1 rings (SSSR count). The summed E-state index contributed by atoms with van der Waals surface area (Å²) in [5, 5.41) is 3.14. The first-order valence-corrected chi connectivity index (χ1v) is 6.46. The lowest BCUT2D eigenvalue weighted by molar-refractivity contribution is -0.125. The van der Waals surface area contributed by atoms with Crippen LogP contribution in [0.25, 0.3) is 0 Å². The molecule has 1 unspecified atom stereocenters. The summed E-state index contributed by atoms with van der Waals surface area (Å²) in [7, 11) is 1.44. The molecule has 0 bridgehead atoms. The van der Waals surface area contributed by atoms with Crippen LogP contribution in [0.15, 0.2) is 18.2 Å². The van der Waals surface area contributed by atoms with Gasteiger partial charge in [-0.25, -0.2) is 0 Å². The topological polar surface area (TPSA) is 73.6 Å². The molecule has 1 atom stereocenters. The molecular formula is C13H20Cl2N2O3. The fraction of sp³-hybridized carbons (Fsp3) is 0.462. The monoisotopic (exact) mass is 322 g/mol. The summed E-state index contributed by atoms with van der Waals surface area (Å²) < 4.78 is 10.4. The number of nitrogens with one attached hydrogen (secondary N) is 1. The Morgan fingerprint density at radius 2 is 2.20 bits per heavy atom. The third-order valence-electron chi connectivity index (χ3n) is 2.45. The molecule has 3 N–H and O–H groups in total. The highest BCUT2D eigenvalue weighted by Gasteiger charge is 2.16. The Hall–Kier alpha value is -1.01. The molecule has 0 spiro atoms. The molecule has 0 radical (unpaired) electrons. The molecule has 0 aliphatic rings. The van der Waals surface area contributed by atoms with Gasteiger partial charge in [0.15, 0.2) is 0 Å². The zero-order valence-electron chi connectivity index (χ0n) is 11.5. The second-order valence-electron chi connectivity index (χ2n) is 3.94. The number of carbonyl (C=O) groups excluding carboxylic acids is 1. The van der Waals surface area contributed by atoms with E-state index in [4.69, 9.17) is 26.8 Å². The standard InChI is InChI=1S/C13H19ClN2O3.ClH/c1-3-6-19-11-5-4-9(7-10(11)14)16-13(17)12(8-15)18-2;/h4-5,7,12H,3,6,8,15H2,1-2H3,(H,16,17);1H. The minimum atomic E-state index is -0.671. The van der Waals surface area contributed by atoms with Crippen LogP contribution in [0.1, 0.15) is 13.3 Å². The number of carbonyl (C=O) groups is 1. The number of anilines is 1. The van der Waals surface area contributed by atoms with E-state index in [1.807, 2.05) is 6.92 Å². The highest BCUT2D eigenvalue weighted by Crippen LogP contribution is 2.27. The maximum absolute atomic E-state index is 11.8. The fourth-order valence-electron chi connectivity index (χ4n) is 1.44. The van der Waals surface area contributed by atoms with Gasteiger partial charge < -0.3 is 20.5 Å². The molecule has 0 saturated carbocycles. The number of rotatable bonds is 7. The Morgan fingerprint density at radius 3 is 2.70 bits per heavy atom. The number of halogens is 2. The summed E-state index contributed by atoms with van der Waals surface area (Å²) in [5.74, 6) is 0.298. The number of hydrogen-bond acceptors (Lipinski definition) is 4. The van der Waals surface area contributed by atoms with E-state index in [-0.39, 0.29) is 24.9 Å². The minimum absolute atomic E-state index is 0. The number of methoxy groups -OCH3 is 1. The Labute approximate surface area is 130 Å². The number of amides is 1. The average molecular weight is 323 g/mol. The predicted molar refractivity (Wildman–Crippen MR) is 83.0 cm³/mol. The first kappa shape index (κ1) is 19.0. The average Bonchev–Trinajstić information content (AvgIpc) is 2.39. The van der Waals surface area contributed by atoms with Crippen LogP contribution < -0.4 is 15.8 Å². The van der Waals surface area contributed by atoms with Gasteiger partial charge in [0.05, 0.1) is 11.6 Å². The summed E-state index contributed by atoms with van der Waals surface area (Å²) in [6, 6.07) is 5.07. The van der Waals surface area contributed by atoms with Gasteiger partial charge in [-0.05, 0) is 24.6 Å². The van der Waals surface area contributed by atoms with E-state index in [2.05, 4.69) is 5.32 Å². The van der Waals surface area contributed by atoms with Crippen LogP contribution in [-0.4, -0.2) is 32.3 Å². The smallest absolute Gasteiger partial charge is 0.254 e. The zero-order valence-corrected chi connectivity index (χ0v) is 13.1. The third kappa shape index (κ3) is 5.54. The highest BCUT2D eigenvalue weighted by molar-refractivity contribution is 6.32. The summed E-state index contributed by atoms with van der Waals surface area (Å²) in [6.07, 6.45) is 0.232. The molecule has 1 amide bonds. The van der Waals surface area contributed by atoms with Gasteiger partial charge in [0.2, 0.25) is 0 Å². The van der Waals surface area contributed by atoms with E-state index < -0.39 is 6.10 Å². The van der Waals surface area contributed by atoms with Gasteiger partial charge in [0, 0.05) is 19.3 Å². The Balaban J connectivity index is 0.00000361. The molecule has 0 aromatic heterocycles. The SMILES string of the molecule is CCCOc1ccc(NC(=O)C(CN)OC)cc1Cl.Cl. The normalized spacial score (nSPS) is 11.4. The van der Waals surface area contributed by atoms with Crippen molar-refractivity contribution < 1.29 is 14.3 Å². The first-order chi connectivity index (χ1) is 9.12. The van der Waals surface area contributed by atoms with Crippen LogP contribution >= 0.6 is 24.0 Å². The van der Waals surface area contributed by atoms with Gasteiger partial charge in [-0.2, -0.15) is 0 Å². The first-order valence-electron chi connectivity index (χ1n) is 6.08. The summed E-state index contributed by atoms with van der Waals surface area (Å²) in [6.45, 7) is 2.73. The Kier molecular flexibility index (Phi) is 9.33. The highest BCUT2D eigenvalue weighted by atomic mass is 35.5. The number of hydrogen-bond donors (Lipinski definition) is 2. The van der Waals surface area contributed by atoms with Crippen molar-refractivity contribution in [3.8, 4) is 5.75 Å². The van der Waals surface area contributed by atoms with Crippen molar-refractivity contribution in [1.29, 1.82) is 0 Å². The van der Waals surface area contributed by atoms with Crippen LogP contribution in [0.5, 0.6) is 5.75 Å². The van der Waals surface area contributed by atoms with Crippen molar-refractivity contribution in [2.24, 2.45) is 5.73 Å². The van der Waals surface area contributed by atoms with Crippen molar-refractivity contribution in [3.05, 3.63) is 23.2 Å². The van der Waals surface area contributed by atoms with Gasteiger partial charge in [-0.1, -0.05) is 18.5 Å². The minimum Gasteiger partial charge on any atom is -0.492 e. The van der Waals surface area contributed by atoms with E-state index in [1.54, 1.807) is 18.2 Å². The van der Waals surface area contributed by atoms with E-state index in [9.17, 15) is 4.79 Å². The second kappa shape index (κ2) is 9.83. The molecular weight excluding hydrogens is 303 g/mol. The van der Waals surface area contributed by atoms with Crippen molar-refractivity contribution in [2.75, 3.05) is 25.6 Å². The van der Waals surface area contributed by atoms with Crippen LogP contribution in [0.4, 0.5) is 5.69 Å². The molecule has 20 heavy (non-hydrogen) atoms. The van der Waals surface area contributed by atoms with E-state index in [0.29, 0.717) is 23.1 Å². The molecule has 5 nitrogen and oxygen atoms in total. The molecule has 7 heteroatoms. The predicted octanol–water partition coefficient (Wildman–Crippen LogP) is 2.46. The van der Waals surface area contributed by atoms with Crippen LogP contribution in [0.3, 0.4) is 0 Å². The molecule has 0 aliphatic carbocycles.